The third kappa shape index (κ3) is 1.78. The quantitative estimate of drug-likeness (QED) is 0.355. The topological polar surface area (TPSA) is 137 Å². The molecule has 4 unspecified atom stereocenters. The van der Waals surface area contributed by atoms with Gasteiger partial charge in [-0.15, -0.1) is 0 Å². The second kappa shape index (κ2) is 3.61. The summed E-state index contributed by atoms with van der Waals surface area (Å²) in [4.78, 5) is 0. The van der Waals surface area contributed by atoms with Crippen LogP contribution in [0.5, 0.6) is 0 Å². The molecule has 8 N–H and O–H groups in total. The minimum Gasteiger partial charge on any atom is -0.387 e. The van der Waals surface area contributed by atoms with Gasteiger partial charge in [0.15, 0.2) is 12.0 Å². The van der Waals surface area contributed by atoms with Crippen molar-refractivity contribution < 1.29 is 19.7 Å². The van der Waals surface area contributed by atoms with Crippen LogP contribution in [-0.2, 0) is 9.47 Å². The van der Waals surface area contributed by atoms with E-state index in [-0.39, 0.29) is 12.5 Å². The largest absolute Gasteiger partial charge is 0.387 e. The molecule has 4 atom stereocenters. The summed E-state index contributed by atoms with van der Waals surface area (Å²) in [6.45, 7) is 3.96. The zero-order valence-electron chi connectivity index (χ0n) is 10.1. The number of rotatable bonds is 2. The number of fused-ring (bicyclic) bond motifs is 1. The van der Waals surface area contributed by atoms with Crippen molar-refractivity contribution in [1.82, 2.24) is 0 Å². The van der Waals surface area contributed by atoms with Crippen molar-refractivity contribution in [3.63, 3.8) is 0 Å². The molecule has 0 radical (unpaired) electrons. The highest BCUT2D eigenvalue weighted by molar-refractivity contribution is 5.11. The molecule has 0 amide bonds. The smallest absolute Gasteiger partial charge is 0.216 e. The van der Waals surface area contributed by atoms with Gasteiger partial charge in [-0.2, -0.15) is 0 Å². The Hall–Kier alpha value is -0.280. The fourth-order valence-electron chi connectivity index (χ4n) is 2.81. The predicted octanol–water partition coefficient (Wildman–Crippen LogP) is -2.02. The van der Waals surface area contributed by atoms with Crippen LogP contribution in [0.3, 0.4) is 0 Å². The van der Waals surface area contributed by atoms with E-state index in [2.05, 4.69) is 0 Å². The Morgan fingerprint density at radius 3 is 2.41 bits per heavy atom. The van der Waals surface area contributed by atoms with Crippen molar-refractivity contribution in [1.29, 1.82) is 0 Å². The van der Waals surface area contributed by atoms with Crippen molar-refractivity contribution in [2.75, 3.05) is 6.61 Å². The molecule has 0 bridgehead atoms. The maximum absolute atomic E-state index is 10.5. The average Bonchev–Trinajstić information content (AvgIpc) is 2.48. The highest BCUT2D eigenvalue weighted by Gasteiger charge is 2.70. The van der Waals surface area contributed by atoms with Crippen molar-refractivity contribution in [3.8, 4) is 0 Å². The van der Waals surface area contributed by atoms with Crippen LogP contribution >= 0.6 is 0 Å². The van der Waals surface area contributed by atoms with Gasteiger partial charge < -0.3 is 19.7 Å². The molecule has 2 aliphatic heterocycles. The maximum Gasteiger partial charge on any atom is 0.216 e. The molecular formula is C10H21N3O4. The van der Waals surface area contributed by atoms with Gasteiger partial charge in [-0.05, 0) is 12.3 Å². The second-order valence-corrected chi connectivity index (χ2v) is 5.59. The van der Waals surface area contributed by atoms with Crippen LogP contribution in [0.25, 0.3) is 0 Å². The van der Waals surface area contributed by atoms with Gasteiger partial charge in [-0.3, -0.25) is 17.2 Å². The molecule has 2 rings (SSSR count). The highest BCUT2D eigenvalue weighted by Crippen LogP contribution is 2.48. The minimum atomic E-state index is -2.03. The van der Waals surface area contributed by atoms with Crippen LogP contribution in [0.2, 0.25) is 0 Å². The first-order valence-electron chi connectivity index (χ1n) is 5.71. The van der Waals surface area contributed by atoms with E-state index in [1.807, 2.05) is 13.8 Å². The van der Waals surface area contributed by atoms with Crippen LogP contribution < -0.4 is 17.2 Å². The van der Waals surface area contributed by atoms with E-state index in [9.17, 15) is 10.2 Å². The van der Waals surface area contributed by atoms with Gasteiger partial charge >= 0.3 is 0 Å². The molecular weight excluding hydrogens is 226 g/mol. The lowest BCUT2D eigenvalue weighted by molar-refractivity contribution is -0.192. The lowest BCUT2D eigenvalue weighted by Gasteiger charge is -2.39. The zero-order valence-corrected chi connectivity index (χ0v) is 10.1. The highest BCUT2D eigenvalue weighted by atomic mass is 16.7. The average molecular weight is 247 g/mol. The predicted molar refractivity (Wildman–Crippen MR) is 59.0 cm³/mol. The Balaban J connectivity index is 2.31. The summed E-state index contributed by atoms with van der Waals surface area (Å²) in [7, 11) is 0. The standard InChI is InChI=1S/C10H21N3O4/c1-5(2)3-8(14)4-16-7-6(8)9(11,15)10(12,13)17-7/h5-7,14-15H,3-4,11-13H2,1-2H3. The number of nitrogens with two attached hydrogens (primary N) is 3. The molecule has 0 aliphatic carbocycles. The van der Waals surface area contributed by atoms with E-state index in [4.69, 9.17) is 26.7 Å². The summed E-state index contributed by atoms with van der Waals surface area (Å²) in [6, 6.07) is 0. The molecule has 0 aromatic carbocycles. The van der Waals surface area contributed by atoms with Gasteiger partial charge in [-0.25, -0.2) is 0 Å². The molecule has 7 nitrogen and oxygen atoms in total. The van der Waals surface area contributed by atoms with Crippen LogP contribution in [-0.4, -0.2) is 40.3 Å². The molecule has 2 heterocycles. The lowest BCUT2D eigenvalue weighted by atomic mass is 9.77. The van der Waals surface area contributed by atoms with Crippen molar-refractivity contribution in [2.24, 2.45) is 29.0 Å². The second-order valence-electron chi connectivity index (χ2n) is 5.59. The summed E-state index contributed by atoms with van der Waals surface area (Å²) >= 11 is 0. The van der Waals surface area contributed by atoms with Crippen molar-refractivity contribution >= 4 is 0 Å². The van der Waals surface area contributed by atoms with Gasteiger partial charge in [0.1, 0.15) is 5.60 Å². The molecule has 100 valence electrons. The summed E-state index contributed by atoms with van der Waals surface area (Å²) in [5.74, 6) is -2.57. The lowest BCUT2D eigenvalue weighted by Crippen LogP contribution is -2.73. The molecule has 2 saturated heterocycles. The summed E-state index contributed by atoms with van der Waals surface area (Å²) in [6.07, 6.45) is -0.448. The molecule has 2 fully saturated rings. The van der Waals surface area contributed by atoms with Crippen LogP contribution in [0.1, 0.15) is 20.3 Å². The summed E-state index contributed by atoms with van der Waals surface area (Å²) in [5, 5.41) is 20.7. The first kappa shape index (κ1) is 13.2. The van der Waals surface area contributed by atoms with Gasteiger partial charge in [0.05, 0.1) is 12.5 Å². The van der Waals surface area contributed by atoms with Gasteiger partial charge in [-0.1, -0.05) is 13.8 Å². The SMILES string of the molecule is CC(C)CC1(O)COC2OC(N)(N)C(N)(O)C21. The molecule has 17 heavy (non-hydrogen) atoms. The summed E-state index contributed by atoms with van der Waals surface area (Å²) in [5.41, 5.74) is 13.6. The number of aliphatic hydroxyl groups is 2. The van der Waals surface area contributed by atoms with Crippen molar-refractivity contribution in [2.45, 2.75) is 43.7 Å². The van der Waals surface area contributed by atoms with E-state index in [0.29, 0.717) is 6.42 Å². The van der Waals surface area contributed by atoms with Gasteiger partial charge in [0.25, 0.3) is 0 Å². The Kier molecular flexibility index (Phi) is 2.79. The number of ether oxygens (including phenoxy) is 2. The third-order valence-electron chi connectivity index (χ3n) is 3.52. The van der Waals surface area contributed by atoms with Crippen molar-refractivity contribution in [3.05, 3.63) is 0 Å². The first-order chi connectivity index (χ1) is 7.60. The van der Waals surface area contributed by atoms with E-state index >= 15 is 0 Å². The Morgan fingerprint density at radius 1 is 1.29 bits per heavy atom. The molecule has 0 aromatic heterocycles. The molecule has 0 saturated carbocycles. The van der Waals surface area contributed by atoms with E-state index in [0.717, 1.165) is 0 Å². The third-order valence-corrected chi connectivity index (χ3v) is 3.52. The Labute approximate surface area is 99.8 Å². The first-order valence-corrected chi connectivity index (χ1v) is 5.71. The molecule has 0 spiro atoms. The molecule has 2 aliphatic rings. The number of hydrogen-bond donors (Lipinski definition) is 5. The Bertz CT molecular complexity index is 321. The van der Waals surface area contributed by atoms with Crippen LogP contribution in [0, 0.1) is 11.8 Å². The van der Waals surface area contributed by atoms with Crippen LogP contribution in [0.4, 0.5) is 0 Å². The zero-order chi connectivity index (χ0) is 13.1. The Morgan fingerprint density at radius 2 is 1.88 bits per heavy atom. The maximum atomic E-state index is 10.5. The fourth-order valence-corrected chi connectivity index (χ4v) is 2.81. The number of hydrogen-bond acceptors (Lipinski definition) is 7. The minimum absolute atomic E-state index is 0.0517. The van der Waals surface area contributed by atoms with E-state index in [1.54, 1.807) is 0 Å². The monoisotopic (exact) mass is 247 g/mol. The fraction of sp³-hybridized carbons (Fsp3) is 1.00. The van der Waals surface area contributed by atoms with E-state index < -0.39 is 29.4 Å². The normalized spacial score (nSPS) is 48.7. The van der Waals surface area contributed by atoms with Gasteiger partial charge in [0.2, 0.25) is 5.85 Å². The van der Waals surface area contributed by atoms with Gasteiger partial charge in [0, 0.05) is 0 Å². The van der Waals surface area contributed by atoms with Crippen LogP contribution in [0.15, 0.2) is 0 Å². The molecule has 7 heteroatoms. The summed E-state index contributed by atoms with van der Waals surface area (Å²) < 4.78 is 10.5. The van der Waals surface area contributed by atoms with E-state index in [1.165, 1.54) is 0 Å². The molecule has 0 aromatic rings.